The van der Waals surface area contributed by atoms with Gasteiger partial charge < -0.3 is 10.1 Å². The lowest BCUT2D eigenvalue weighted by molar-refractivity contribution is 0.419. The number of hydrogen-bond donors (Lipinski definition) is 1. The summed E-state index contributed by atoms with van der Waals surface area (Å²) in [6.45, 7) is 2.06. The average Bonchev–Trinajstić information content (AvgIpc) is 2.79. The molecule has 0 aliphatic carbocycles. The van der Waals surface area contributed by atoms with Crippen molar-refractivity contribution in [1.82, 2.24) is 4.98 Å². The molecule has 0 amide bonds. The van der Waals surface area contributed by atoms with Crippen molar-refractivity contribution in [2.24, 2.45) is 0 Å². The van der Waals surface area contributed by atoms with Gasteiger partial charge in [-0.25, -0.2) is 4.21 Å². The van der Waals surface area contributed by atoms with Crippen LogP contribution in [0.1, 0.15) is 11.1 Å². The summed E-state index contributed by atoms with van der Waals surface area (Å²) >= 11 is 0. The molecule has 3 aromatic carbocycles. The van der Waals surface area contributed by atoms with E-state index in [2.05, 4.69) is 23.3 Å². The van der Waals surface area contributed by atoms with Gasteiger partial charge in [-0.2, -0.15) is 0 Å². The first kappa shape index (κ1) is 19.9. The molecule has 0 spiro atoms. The maximum atomic E-state index is 12.7. The molecule has 4 nitrogen and oxygen atoms in total. The fourth-order valence-electron chi connectivity index (χ4n) is 3.26. The van der Waals surface area contributed by atoms with Crippen LogP contribution in [0.4, 0.5) is 11.4 Å². The summed E-state index contributed by atoms with van der Waals surface area (Å²) < 4.78 is 18.2. The molecule has 1 aromatic heterocycles. The highest BCUT2D eigenvalue weighted by atomic mass is 32.2. The van der Waals surface area contributed by atoms with Gasteiger partial charge >= 0.3 is 0 Å². The predicted molar refractivity (Wildman–Crippen MR) is 125 cm³/mol. The van der Waals surface area contributed by atoms with Gasteiger partial charge in [0.05, 0.1) is 23.6 Å². The van der Waals surface area contributed by atoms with E-state index < -0.39 is 10.8 Å². The number of pyridine rings is 1. The zero-order valence-corrected chi connectivity index (χ0v) is 17.6. The van der Waals surface area contributed by atoms with Crippen LogP contribution >= 0.6 is 0 Å². The largest absolute Gasteiger partial charge is 0.494 e. The standard InChI is InChI=1S/C25H22N2O2S/c1-18-9-6-7-13-22(18)27-24-19(15-16-30(28)20-10-4-3-5-11-20)17-26-25-21(24)12-8-14-23(25)29-2/h3-17H,1-2H3,(H,26,27). The van der Waals surface area contributed by atoms with Crippen molar-refractivity contribution in [2.75, 3.05) is 12.4 Å². The van der Waals surface area contributed by atoms with Crippen LogP contribution in [-0.2, 0) is 10.8 Å². The van der Waals surface area contributed by atoms with E-state index in [1.807, 2.05) is 72.8 Å². The second-order valence-corrected chi connectivity index (χ2v) is 8.14. The molecule has 30 heavy (non-hydrogen) atoms. The number of nitrogens with one attached hydrogen (secondary N) is 1. The molecular weight excluding hydrogens is 392 g/mol. The molecule has 1 N–H and O–H groups in total. The van der Waals surface area contributed by atoms with Crippen molar-refractivity contribution in [1.29, 1.82) is 0 Å². The molecular formula is C25H22N2O2S. The molecule has 5 heteroatoms. The van der Waals surface area contributed by atoms with Gasteiger partial charge in [0.2, 0.25) is 0 Å². The van der Waals surface area contributed by atoms with Crippen molar-refractivity contribution >= 4 is 39.2 Å². The molecule has 0 radical (unpaired) electrons. The van der Waals surface area contributed by atoms with Gasteiger partial charge in [-0.1, -0.05) is 48.5 Å². The van der Waals surface area contributed by atoms with Crippen molar-refractivity contribution in [3.63, 3.8) is 0 Å². The molecule has 0 bridgehead atoms. The van der Waals surface area contributed by atoms with E-state index in [1.54, 1.807) is 18.7 Å². The molecule has 1 unspecified atom stereocenters. The predicted octanol–water partition coefficient (Wildman–Crippen LogP) is 6.07. The monoisotopic (exact) mass is 414 g/mol. The molecule has 0 saturated carbocycles. The van der Waals surface area contributed by atoms with Gasteiger partial charge in [0.15, 0.2) is 0 Å². The van der Waals surface area contributed by atoms with Crippen molar-refractivity contribution in [3.8, 4) is 5.75 Å². The lowest BCUT2D eigenvalue weighted by atomic mass is 10.1. The summed E-state index contributed by atoms with van der Waals surface area (Å²) in [4.78, 5) is 5.37. The Kier molecular flexibility index (Phi) is 5.91. The Morgan fingerprint density at radius 1 is 0.967 bits per heavy atom. The first-order valence-electron chi connectivity index (χ1n) is 9.59. The molecule has 4 aromatic rings. The maximum absolute atomic E-state index is 12.7. The molecule has 0 saturated heterocycles. The fourth-order valence-corrected chi connectivity index (χ4v) is 4.11. The van der Waals surface area contributed by atoms with Crippen LogP contribution in [0.3, 0.4) is 0 Å². The molecule has 4 rings (SSSR count). The highest BCUT2D eigenvalue weighted by Crippen LogP contribution is 2.34. The van der Waals surface area contributed by atoms with Gasteiger partial charge in [0.25, 0.3) is 0 Å². The second-order valence-electron chi connectivity index (χ2n) is 6.80. The Bertz CT molecular complexity index is 1240. The molecule has 1 atom stereocenters. The number of para-hydroxylation sites is 2. The number of rotatable bonds is 6. The summed E-state index contributed by atoms with van der Waals surface area (Å²) in [5, 5.41) is 6.18. The lowest BCUT2D eigenvalue weighted by Gasteiger charge is -2.16. The van der Waals surface area contributed by atoms with Gasteiger partial charge in [0, 0.05) is 33.1 Å². The Morgan fingerprint density at radius 2 is 1.73 bits per heavy atom. The number of anilines is 2. The Balaban J connectivity index is 1.81. The SMILES string of the molecule is COc1cccc2c(Nc3ccccc3C)c(C=CS(=O)c3ccccc3)cnc12. The van der Waals surface area contributed by atoms with Crippen LogP contribution in [0, 0.1) is 6.92 Å². The summed E-state index contributed by atoms with van der Waals surface area (Å²) in [7, 11) is 0.397. The zero-order valence-electron chi connectivity index (χ0n) is 16.8. The van der Waals surface area contributed by atoms with Gasteiger partial charge in [-0.05, 0) is 42.8 Å². The van der Waals surface area contributed by atoms with E-state index in [4.69, 9.17) is 4.74 Å². The van der Waals surface area contributed by atoms with Crippen molar-refractivity contribution in [3.05, 3.63) is 95.5 Å². The summed E-state index contributed by atoms with van der Waals surface area (Å²) in [5.74, 6) is 0.712. The van der Waals surface area contributed by atoms with Crippen LogP contribution < -0.4 is 10.1 Å². The normalized spacial score (nSPS) is 12.2. The Hall–Kier alpha value is -3.44. The number of aryl methyl sites for hydroxylation is 1. The van der Waals surface area contributed by atoms with E-state index in [0.29, 0.717) is 5.75 Å². The second kappa shape index (κ2) is 8.93. The number of nitrogens with zero attached hydrogens (tertiary/aromatic N) is 1. The number of aromatic nitrogens is 1. The first-order chi connectivity index (χ1) is 14.7. The minimum absolute atomic E-state index is 0.712. The van der Waals surface area contributed by atoms with Crippen LogP contribution in [0.2, 0.25) is 0 Å². The van der Waals surface area contributed by atoms with Crippen LogP contribution in [-0.4, -0.2) is 16.3 Å². The van der Waals surface area contributed by atoms with E-state index in [9.17, 15) is 4.21 Å². The van der Waals surface area contributed by atoms with E-state index in [-0.39, 0.29) is 0 Å². The third-order valence-corrected chi connectivity index (χ3v) is 5.98. The van der Waals surface area contributed by atoms with E-state index in [1.165, 1.54) is 0 Å². The summed E-state index contributed by atoms with van der Waals surface area (Å²) in [6.07, 6.45) is 3.64. The smallest absolute Gasteiger partial charge is 0.145 e. The Morgan fingerprint density at radius 3 is 2.50 bits per heavy atom. The Labute approximate surface area is 178 Å². The van der Waals surface area contributed by atoms with Crippen molar-refractivity contribution in [2.45, 2.75) is 11.8 Å². The van der Waals surface area contributed by atoms with Gasteiger partial charge in [-0.3, -0.25) is 4.98 Å². The van der Waals surface area contributed by atoms with Gasteiger partial charge in [0.1, 0.15) is 11.3 Å². The van der Waals surface area contributed by atoms with Crippen LogP contribution in [0.25, 0.3) is 17.0 Å². The molecule has 0 fully saturated rings. The first-order valence-corrected chi connectivity index (χ1v) is 10.8. The van der Waals surface area contributed by atoms with Crippen LogP contribution in [0.5, 0.6) is 5.75 Å². The zero-order chi connectivity index (χ0) is 20.9. The van der Waals surface area contributed by atoms with Crippen LogP contribution in [0.15, 0.2) is 89.3 Å². The average molecular weight is 415 g/mol. The molecule has 1 heterocycles. The number of hydrogen-bond acceptors (Lipinski definition) is 4. The highest BCUT2D eigenvalue weighted by Gasteiger charge is 2.12. The summed E-state index contributed by atoms with van der Waals surface area (Å²) in [5.41, 5.74) is 4.66. The topological polar surface area (TPSA) is 51.2 Å². The van der Waals surface area contributed by atoms with E-state index >= 15 is 0 Å². The summed E-state index contributed by atoms with van der Waals surface area (Å²) in [6, 6.07) is 23.4. The van der Waals surface area contributed by atoms with Gasteiger partial charge in [-0.15, -0.1) is 0 Å². The number of methoxy groups -OCH3 is 1. The minimum atomic E-state index is -1.24. The number of benzene rings is 3. The number of ether oxygens (including phenoxy) is 1. The minimum Gasteiger partial charge on any atom is -0.494 e. The molecule has 0 aliphatic rings. The molecule has 150 valence electrons. The van der Waals surface area contributed by atoms with E-state index in [0.717, 1.165) is 38.3 Å². The van der Waals surface area contributed by atoms with Crippen molar-refractivity contribution < 1.29 is 8.95 Å². The maximum Gasteiger partial charge on any atom is 0.145 e. The third-order valence-electron chi connectivity index (χ3n) is 4.86. The highest BCUT2D eigenvalue weighted by molar-refractivity contribution is 7.88. The fraction of sp³-hybridized carbons (Fsp3) is 0.0800. The quantitative estimate of drug-likeness (QED) is 0.416. The number of fused-ring (bicyclic) bond motifs is 1. The lowest BCUT2D eigenvalue weighted by Crippen LogP contribution is -1.99. The third kappa shape index (κ3) is 4.11. The molecule has 0 aliphatic heterocycles.